The van der Waals surface area contributed by atoms with Gasteiger partial charge in [0.2, 0.25) is 10.0 Å². The summed E-state index contributed by atoms with van der Waals surface area (Å²) in [4.78, 5) is 12.5. The van der Waals surface area contributed by atoms with E-state index in [1.807, 2.05) is 0 Å². The lowest BCUT2D eigenvalue weighted by molar-refractivity contribution is 0.0952. The van der Waals surface area contributed by atoms with Gasteiger partial charge in [0, 0.05) is 37.9 Å². The first-order valence-corrected chi connectivity index (χ1v) is 10.2. The highest BCUT2D eigenvalue weighted by Gasteiger charge is 2.26. The van der Waals surface area contributed by atoms with Gasteiger partial charge < -0.3 is 5.32 Å². The number of hydrogen-bond donors (Lipinski definition) is 1. The Morgan fingerprint density at radius 3 is 2.73 bits per heavy atom. The van der Waals surface area contributed by atoms with Gasteiger partial charge in [0.25, 0.3) is 5.91 Å². The predicted octanol–water partition coefficient (Wildman–Crippen LogP) is 1.27. The van der Waals surface area contributed by atoms with Crippen LogP contribution in [0.15, 0.2) is 41.6 Å². The molecule has 1 fully saturated rings. The maximum atomic E-state index is 12.7. The van der Waals surface area contributed by atoms with E-state index in [4.69, 9.17) is 0 Å². The van der Waals surface area contributed by atoms with Gasteiger partial charge >= 0.3 is 0 Å². The molecule has 1 N–H and O–H groups in total. The fourth-order valence-electron chi connectivity index (χ4n) is 2.95. The van der Waals surface area contributed by atoms with Crippen molar-refractivity contribution < 1.29 is 13.2 Å². The van der Waals surface area contributed by atoms with Gasteiger partial charge in [-0.25, -0.2) is 8.42 Å². The normalized spacial score (nSPS) is 15.7. The van der Waals surface area contributed by atoms with Crippen LogP contribution in [-0.4, -0.2) is 53.3 Å². The smallest absolute Gasteiger partial charge is 0.251 e. The quantitative estimate of drug-likeness (QED) is 0.733. The first kappa shape index (κ1) is 18.5. The lowest BCUT2D eigenvalue weighted by Crippen LogP contribution is -2.35. The molecule has 3 rings (SSSR count). The summed E-state index contributed by atoms with van der Waals surface area (Å²) in [5.74, 6) is -0.278. The van der Waals surface area contributed by atoms with Crippen LogP contribution in [0.2, 0.25) is 0 Å². The highest BCUT2D eigenvalue weighted by Crippen LogP contribution is 2.21. The van der Waals surface area contributed by atoms with Crippen LogP contribution in [0.4, 0.5) is 0 Å². The molecule has 1 aromatic carbocycles. The van der Waals surface area contributed by atoms with Gasteiger partial charge in [0.15, 0.2) is 0 Å². The zero-order valence-corrected chi connectivity index (χ0v) is 15.4. The van der Waals surface area contributed by atoms with Gasteiger partial charge in [0.1, 0.15) is 0 Å². The Bertz CT molecular complexity index is 830. The van der Waals surface area contributed by atoms with Crippen LogP contribution in [0.25, 0.3) is 0 Å². The molecule has 0 bridgehead atoms. The van der Waals surface area contributed by atoms with Crippen molar-refractivity contribution >= 4 is 15.9 Å². The van der Waals surface area contributed by atoms with Crippen molar-refractivity contribution in [2.45, 2.75) is 37.1 Å². The fourth-order valence-corrected chi connectivity index (χ4v) is 4.51. The molecule has 1 saturated heterocycles. The van der Waals surface area contributed by atoms with Crippen LogP contribution >= 0.6 is 0 Å². The van der Waals surface area contributed by atoms with E-state index < -0.39 is 10.0 Å². The minimum Gasteiger partial charge on any atom is -0.352 e. The SMILES string of the molecule is O=C(NCCCn1ccnn1)c1cccc(S(=O)(=O)N2CCCCC2)c1. The maximum Gasteiger partial charge on any atom is 0.251 e. The van der Waals surface area contributed by atoms with Crippen molar-refractivity contribution in [3.63, 3.8) is 0 Å². The topological polar surface area (TPSA) is 97.2 Å². The lowest BCUT2D eigenvalue weighted by atomic mass is 10.2. The molecular weight excluding hydrogens is 354 g/mol. The van der Waals surface area contributed by atoms with E-state index in [1.54, 1.807) is 35.3 Å². The van der Waals surface area contributed by atoms with E-state index in [1.165, 1.54) is 10.4 Å². The number of sulfonamides is 1. The van der Waals surface area contributed by atoms with Crippen LogP contribution in [-0.2, 0) is 16.6 Å². The number of amides is 1. The molecule has 0 atom stereocenters. The van der Waals surface area contributed by atoms with Gasteiger partial charge in [-0.15, -0.1) is 5.10 Å². The molecule has 1 amide bonds. The summed E-state index contributed by atoms with van der Waals surface area (Å²) < 4.78 is 28.7. The molecule has 0 radical (unpaired) electrons. The Kier molecular flexibility index (Phi) is 6.00. The van der Waals surface area contributed by atoms with E-state index in [-0.39, 0.29) is 10.8 Å². The average Bonchev–Trinajstić information content (AvgIpc) is 3.19. The van der Waals surface area contributed by atoms with E-state index in [0.717, 1.165) is 19.3 Å². The number of piperidine rings is 1. The zero-order chi connectivity index (χ0) is 18.4. The first-order valence-electron chi connectivity index (χ1n) is 8.80. The van der Waals surface area contributed by atoms with Gasteiger partial charge in [-0.3, -0.25) is 9.48 Å². The van der Waals surface area contributed by atoms with Crippen molar-refractivity contribution in [2.24, 2.45) is 0 Å². The summed E-state index contributed by atoms with van der Waals surface area (Å²) >= 11 is 0. The molecule has 9 heteroatoms. The number of aromatic nitrogens is 3. The highest BCUT2D eigenvalue weighted by molar-refractivity contribution is 7.89. The molecule has 26 heavy (non-hydrogen) atoms. The van der Waals surface area contributed by atoms with Crippen molar-refractivity contribution in [2.75, 3.05) is 19.6 Å². The number of hydrogen-bond acceptors (Lipinski definition) is 5. The van der Waals surface area contributed by atoms with Crippen molar-refractivity contribution in [3.8, 4) is 0 Å². The molecule has 140 valence electrons. The lowest BCUT2D eigenvalue weighted by Gasteiger charge is -2.26. The summed E-state index contributed by atoms with van der Waals surface area (Å²) in [6.45, 7) is 2.22. The average molecular weight is 377 g/mol. The molecule has 0 saturated carbocycles. The van der Waals surface area contributed by atoms with Crippen LogP contribution in [0, 0.1) is 0 Å². The summed E-state index contributed by atoms with van der Waals surface area (Å²) in [5, 5.41) is 10.4. The van der Waals surface area contributed by atoms with Crippen molar-refractivity contribution in [1.82, 2.24) is 24.6 Å². The Morgan fingerprint density at radius 2 is 2.00 bits per heavy atom. The van der Waals surface area contributed by atoms with Crippen LogP contribution in [0.5, 0.6) is 0 Å². The second-order valence-corrected chi connectivity index (χ2v) is 8.21. The third kappa shape index (κ3) is 4.47. The molecular formula is C17H23N5O3S. The molecule has 0 spiro atoms. The predicted molar refractivity (Wildman–Crippen MR) is 96.0 cm³/mol. The Labute approximate surface area is 153 Å². The molecule has 2 heterocycles. The summed E-state index contributed by atoms with van der Waals surface area (Å²) in [6, 6.07) is 6.24. The van der Waals surface area contributed by atoms with Crippen molar-refractivity contribution in [3.05, 3.63) is 42.2 Å². The molecule has 1 aliphatic rings. The molecule has 1 aliphatic heterocycles. The summed E-state index contributed by atoms with van der Waals surface area (Å²) in [7, 11) is -3.54. The number of nitrogens with one attached hydrogen (secondary N) is 1. The van der Waals surface area contributed by atoms with Gasteiger partial charge in [-0.1, -0.05) is 17.7 Å². The minimum atomic E-state index is -3.54. The Balaban J connectivity index is 1.59. The summed E-state index contributed by atoms with van der Waals surface area (Å²) in [6.07, 6.45) is 6.89. The standard InChI is InChI=1S/C17H23N5O3S/c23-17(18-8-5-10-21-13-9-19-20-21)15-6-4-7-16(14-15)26(24,25)22-11-2-1-3-12-22/h4,6-7,9,13-14H,1-3,5,8,10-12H2,(H,18,23). The largest absolute Gasteiger partial charge is 0.352 e. The number of carbonyl (C=O) groups is 1. The maximum absolute atomic E-state index is 12.7. The van der Waals surface area contributed by atoms with Crippen LogP contribution in [0.3, 0.4) is 0 Å². The number of benzene rings is 1. The third-order valence-electron chi connectivity index (χ3n) is 4.37. The Morgan fingerprint density at radius 1 is 1.19 bits per heavy atom. The second kappa shape index (κ2) is 8.41. The van der Waals surface area contributed by atoms with Gasteiger partial charge in [-0.05, 0) is 37.5 Å². The molecule has 0 unspecified atom stereocenters. The van der Waals surface area contributed by atoms with Crippen molar-refractivity contribution in [1.29, 1.82) is 0 Å². The highest BCUT2D eigenvalue weighted by atomic mass is 32.2. The number of aryl methyl sites for hydroxylation is 1. The third-order valence-corrected chi connectivity index (χ3v) is 6.27. The van der Waals surface area contributed by atoms with Gasteiger partial charge in [-0.2, -0.15) is 4.31 Å². The van der Waals surface area contributed by atoms with E-state index in [0.29, 0.717) is 38.2 Å². The van der Waals surface area contributed by atoms with Gasteiger partial charge in [0.05, 0.1) is 11.1 Å². The number of carbonyl (C=O) groups excluding carboxylic acids is 1. The zero-order valence-electron chi connectivity index (χ0n) is 14.5. The fraction of sp³-hybridized carbons (Fsp3) is 0.471. The molecule has 8 nitrogen and oxygen atoms in total. The monoisotopic (exact) mass is 377 g/mol. The van der Waals surface area contributed by atoms with E-state index in [9.17, 15) is 13.2 Å². The molecule has 2 aromatic rings. The number of rotatable bonds is 7. The van der Waals surface area contributed by atoms with Crippen LogP contribution in [0.1, 0.15) is 36.0 Å². The number of nitrogens with zero attached hydrogens (tertiary/aromatic N) is 4. The second-order valence-electron chi connectivity index (χ2n) is 6.27. The summed E-state index contributed by atoms with van der Waals surface area (Å²) in [5.41, 5.74) is 0.351. The van der Waals surface area contributed by atoms with Crippen LogP contribution < -0.4 is 5.32 Å². The molecule has 1 aromatic heterocycles. The van der Waals surface area contributed by atoms with E-state index in [2.05, 4.69) is 15.6 Å². The van der Waals surface area contributed by atoms with E-state index >= 15 is 0 Å². The minimum absolute atomic E-state index is 0.176. The Hall–Kier alpha value is -2.26. The first-order chi connectivity index (χ1) is 12.6. The molecule has 0 aliphatic carbocycles.